The standard InChI is InChI=1S/C18H13ClF3N7/c19-13-7-28(8-24-13)15-4-1-10(6-23-15)26-14-5-12(18(20,21)22)16-17(27-14)29(9-25-16)11-2-3-11/h1,4-9,11H,2-3H2,(H,26,27). The van der Waals surface area contributed by atoms with Crippen LogP contribution in [0.25, 0.3) is 17.0 Å². The fourth-order valence-corrected chi connectivity index (χ4v) is 3.24. The summed E-state index contributed by atoms with van der Waals surface area (Å²) < 4.78 is 44.0. The number of hydrogen-bond donors (Lipinski definition) is 1. The number of rotatable bonds is 4. The van der Waals surface area contributed by atoms with Gasteiger partial charge in [0, 0.05) is 12.2 Å². The number of hydrogen-bond acceptors (Lipinski definition) is 5. The molecule has 7 nitrogen and oxygen atoms in total. The van der Waals surface area contributed by atoms with Crippen molar-refractivity contribution in [3.05, 3.63) is 54.0 Å². The van der Waals surface area contributed by atoms with Crippen LogP contribution in [0.15, 0.2) is 43.2 Å². The van der Waals surface area contributed by atoms with Crippen molar-refractivity contribution in [2.24, 2.45) is 0 Å². The first kappa shape index (κ1) is 17.9. The molecule has 0 radical (unpaired) electrons. The van der Waals surface area contributed by atoms with Crippen LogP contribution in [0.5, 0.6) is 0 Å². The Bertz CT molecular complexity index is 1190. The van der Waals surface area contributed by atoms with E-state index in [4.69, 9.17) is 11.6 Å². The fraction of sp³-hybridized carbons (Fsp3) is 0.222. The minimum absolute atomic E-state index is 0.0763. The SMILES string of the molecule is FC(F)(F)c1cc(Nc2ccc(-n3cnc(Cl)c3)nc2)nc2c1ncn2C1CC1. The Kier molecular flexibility index (Phi) is 3.98. The number of fused-ring (bicyclic) bond motifs is 1. The Hall–Kier alpha value is -3.14. The quantitative estimate of drug-likeness (QED) is 0.516. The summed E-state index contributed by atoms with van der Waals surface area (Å²) in [6.07, 6.45) is 3.33. The van der Waals surface area contributed by atoms with Crippen molar-refractivity contribution in [3.63, 3.8) is 0 Å². The second kappa shape index (κ2) is 6.45. The summed E-state index contributed by atoms with van der Waals surface area (Å²) in [4.78, 5) is 16.5. The highest BCUT2D eigenvalue weighted by molar-refractivity contribution is 6.29. The van der Waals surface area contributed by atoms with E-state index in [1.165, 1.54) is 18.9 Å². The number of halogens is 4. The Labute approximate surface area is 167 Å². The molecule has 0 amide bonds. The van der Waals surface area contributed by atoms with Crippen LogP contribution in [-0.2, 0) is 6.18 Å². The lowest BCUT2D eigenvalue weighted by molar-refractivity contribution is -0.136. The summed E-state index contributed by atoms with van der Waals surface area (Å²) in [5.41, 5.74) is -0.234. The van der Waals surface area contributed by atoms with Crippen molar-refractivity contribution < 1.29 is 13.2 Å². The average Bonchev–Trinajstić information content (AvgIpc) is 3.29. The average molecular weight is 420 g/mol. The second-order valence-electron chi connectivity index (χ2n) is 6.74. The smallest absolute Gasteiger partial charge is 0.339 e. The van der Waals surface area contributed by atoms with Crippen LogP contribution in [-0.4, -0.2) is 29.1 Å². The molecule has 0 aromatic carbocycles. The molecule has 1 N–H and O–H groups in total. The van der Waals surface area contributed by atoms with Crippen molar-refractivity contribution in [1.29, 1.82) is 0 Å². The summed E-state index contributed by atoms with van der Waals surface area (Å²) in [6.45, 7) is 0. The topological polar surface area (TPSA) is 73.5 Å². The van der Waals surface area contributed by atoms with Gasteiger partial charge in [0.15, 0.2) is 5.65 Å². The van der Waals surface area contributed by atoms with Crippen LogP contribution < -0.4 is 5.32 Å². The van der Waals surface area contributed by atoms with E-state index in [1.54, 1.807) is 27.5 Å². The molecular weight excluding hydrogens is 407 g/mol. The molecule has 11 heteroatoms. The predicted octanol–water partition coefficient (Wildman–Crippen LogP) is 4.76. The molecule has 1 fully saturated rings. The van der Waals surface area contributed by atoms with Crippen molar-refractivity contribution >= 4 is 34.3 Å². The third-order valence-corrected chi connectivity index (χ3v) is 4.81. The number of nitrogens with zero attached hydrogens (tertiary/aromatic N) is 6. The number of anilines is 2. The summed E-state index contributed by atoms with van der Waals surface area (Å²) in [5, 5.41) is 3.24. The minimum Gasteiger partial charge on any atom is -0.339 e. The van der Waals surface area contributed by atoms with Gasteiger partial charge in [0.05, 0.1) is 23.8 Å². The van der Waals surface area contributed by atoms with Gasteiger partial charge in [-0.15, -0.1) is 0 Å². The van der Waals surface area contributed by atoms with Gasteiger partial charge in [0.2, 0.25) is 0 Å². The van der Waals surface area contributed by atoms with Crippen LogP contribution in [0.3, 0.4) is 0 Å². The van der Waals surface area contributed by atoms with Crippen LogP contribution in [0.4, 0.5) is 24.7 Å². The molecule has 1 aliphatic rings. The van der Waals surface area contributed by atoms with Gasteiger partial charge in [0.1, 0.15) is 28.6 Å². The van der Waals surface area contributed by atoms with E-state index in [1.807, 2.05) is 0 Å². The molecule has 1 saturated carbocycles. The number of aromatic nitrogens is 6. The van der Waals surface area contributed by atoms with Gasteiger partial charge in [0.25, 0.3) is 0 Å². The minimum atomic E-state index is -4.54. The largest absolute Gasteiger partial charge is 0.418 e. The van der Waals surface area contributed by atoms with Crippen LogP contribution in [0, 0.1) is 0 Å². The molecule has 0 spiro atoms. The van der Waals surface area contributed by atoms with Gasteiger partial charge in [-0.1, -0.05) is 11.6 Å². The molecule has 29 heavy (non-hydrogen) atoms. The maximum absolute atomic E-state index is 13.6. The highest BCUT2D eigenvalue weighted by atomic mass is 35.5. The lowest BCUT2D eigenvalue weighted by atomic mass is 10.2. The summed E-state index contributed by atoms with van der Waals surface area (Å²) in [6, 6.07) is 4.51. The normalized spacial score (nSPS) is 14.5. The first-order chi connectivity index (χ1) is 13.9. The monoisotopic (exact) mass is 419 g/mol. The van der Waals surface area contributed by atoms with Gasteiger partial charge in [-0.2, -0.15) is 13.2 Å². The number of pyridine rings is 2. The van der Waals surface area contributed by atoms with Crippen molar-refractivity contribution in [1.82, 2.24) is 29.1 Å². The van der Waals surface area contributed by atoms with Gasteiger partial charge in [-0.25, -0.2) is 19.9 Å². The zero-order valence-electron chi connectivity index (χ0n) is 14.7. The van der Waals surface area contributed by atoms with E-state index in [9.17, 15) is 13.2 Å². The first-order valence-electron chi connectivity index (χ1n) is 8.76. The molecule has 0 aliphatic heterocycles. The highest BCUT2D eigenvalue weighted by Crippen LogP contribution is 2.40. The summed E-state index contributed by atoms with van der Waals surface area (Å²) in [5.74, 6) is 0.647. The van der Waals surface area contributed by atoms with E-state index in [2.05, 4.69) is 25.3 Å². The fourth-order valence-electron chi connectivity index (χ4n) is 3.09. The Morgan fingerprint density at radius 2 is 1.93 bits per heavy atom. The maximum Gasteiger partial charge on any atom is 0.418 e. The zero-order valence-corrected chi connectivity index (χ0v) is 15.5. The maximum atomic E-state index is 13.6. The van der Waals surface area contributed by atoms with Gasteiger partial charge in [-0.05, 0) is 31.0 Å². The lowest BCUT2D eigenvalue weighted by Gasteiger charge is -2.12. The number of nitrogens with one attached hydrogen (secondary N) is 1. The van der Waals surface area contributed by atoms with Crippen molar-refractivity contribution in [3.8, 4) is 5.82 Å². The number of alkyl halides is 3. The molecule has 0 atom stereocenters. The zero-order chi connectivity index (χ0) is 20.2. The Balaban J connectivity index is 1.50. The molecule has 4 aromatic heterocycles. The molecule has 5 rings (SSSR count). The van der Waals surface area contributed by atoms with Crippen molar-refractivity contribution in [2.75, 3.05) is 5.32 Å². The van der Waals surface area contributed by atoms with Crippen LogP contribution in [0.1, 0.15) is 24.4 Å². The molecule has 4 heterocycles. The van der Waals surface area contributed by atoms with Gasteiger partial charge < -0.3 is 9.88 Å². The van der Waals surface area contributed by atoms with E-state index < -0.39 is 11.7 Å². The van der Waals surface area contributed by atoms with Crippen LogP contribution in [0.2, 0.25) is 5.15 Å². The number of imidazole rings is 2. The van der Waals surface area contributed by atoms with Gasteiger partial charge >= 0.3 is 6.18 Å². The summed E-state index contributed by atoms with van der Waals surface area (Å²) in [7, 11) is 0. The Morgan fingerprint density at radius 3 is 2.55 bits per heavy atom. The van der Waals surface area contributed by atoms with E-state index in [-0.39, 0.29) is 23.0 Å². The second-order valence-corrected chi connectivity index (χ2v) is 7.13. The Morgan fingerprint density at radius 1 is 1.10 bits per heavy atom. The third kappa shape index (κ3) is 3.39. The molecule has 0 bridgehead atoms. The van der Waals surface area contributed by atoms with Gasteiger partial charge in [-0.3, -0.25) is 4.57 Å². The first-order valence-corrected chi connectivity index (χ1v) is 9.14. The molecule has 1 aliphatic carbocycles. The molecular formula is C18H13ClF3N7. The van der Waals surface area contributed by atoms with E-state index in [0.29, 0.717) is 16.7 Å². The molecule has 148 valence electrons. The van der Waals surface area contributed by atoms with E-state index >= 15 is 0 Å². The summed E-state index contributed by atoms with van der Waals surface area (Å²) >= 11 is 5.80. The van der Waals surface area contributed by atoms with Crippen molar-refractivity contribution in [2.45, 2.75) is 25.1 Å². The lowest BCUT2D eigenvalue weighted by Crippen LogP contribution is -2.09. The predicted molar refractivity (Wildman–Crippen MR) is 100 cm³/mol. The third-order valence-electron chi connectivity index (χ3n) is 4.61. The molecule has 4 aromatic rings. The van der Waals surface area contributed by atoms with Crippen LogP contribution >= 0.6 is 11.6 Å². The highest BCUT2D eigenvalue weighted by Gasteiger charge is 2.36. The molecule has 0 saturated heterocycles. The van der Waals surface area contributed by atoms with E-state index in [0.717, 1.165) is 18.9 Å². The molecule has 0 unspecified atom stereocenters.